The van der Waals surface area contributed by atoms with Crippen LogP contribution >= 0.6 is 31.7 Å². The van der Waals surface area contributed by atoms with Crippen molar-refractivity contribution in [2.24, 2.45) is 0 Å². The summed E-state index contributed by atoms with van der Waals surface area (Å²) in [6, 6.07) is 148. The van der Waals surface area contributed by atoms with E-state index in [1.54, 1.807) is 6.07 Å². The number of hydrogen-bond donors (Lipinski definition) is 3. The Morgan fingerprint density at radius 3 is 1.01 bits per heavy atom. The summed E-state index contributed by atoms with van der Waals surface area (Å²) in [5, 5.41) is 36.4. The molecular formula is C107H98FN5O4P4Pd. The maximum atomic E-state index is 14.2. The fourth-order valence-corrected chi connectivity index (χ4v) is 24.0. The van der Waals surface area contributed by atoms with Gasteiger partial charge in [0.25, 0.3) is 11.8 Å². The molecule has 0 saturated heterocycles. The largest absolute Gasteiger partial charge is 0.438 e. The van der Waals surface area contributed by atoms with Gasteiger partial charge in [-0.05, 0) is 194 Å². The Labute approximate surface area is 736 Å². The molecule has 1 saturated carbocycles. The minimum absolute atomic E-state index is 0. The number of nitrogens with zero attached hydrogens (tertiary/aromatic N) is 3. The van der Waals surface area contributed by atoms with Crippen molar-refractivity contribution in [3.63, 3.8) is 0 Å². The van der Waals surface area contributed by atoms with Gasteiger partial charge in [-0.1, -0.05) is 400 Å². The Morgan fingerprint density at radius 2 is 0.697 bits per heavy atom. The van der Waals surface area contributed by atoms with Gasteiger partial charge in [0.15, 0.2) is 0 Å². The summed E-state index contributed by atoms with van der Waals surface area (Å²) >= 11 is 0. The van der Waals surface area contributed by atoms with Gasteiger partial charge in [-0.2, -0.15) is 5.10 Å². The summed E-state index contributed by atoms with van der Waals surface area (Å²) in [6.45, 7) is 1.02. The van der Waals surface area contributed by atoms with E-state index >= 15 is 0 Å². The predicted octanol–water partition coefficient (Wildman–Crippen LogP) is 19.4. The average molecular weight is 1770 g/mol. The number of aromatic nitrogens is 3. The first-order valence-corrected chi connectivity index (χ1v) is 46.7. The first-order valence-electron chi connectivity index (χ1n) is 41.4. The molecule has 3 heterocycles. The van der Waals surface area contributed by atoms with Crippen molar-refractivity contribution in [3.8, 4) is 22.8 Å². The third-order valence-electron chi connectivity index (χ3n) is 20.7. The number of carbonyl (C=O) groups is 2. The third kappa shape index (κ3) is 25.3. The van der Waals surface area contributed by atoms with E-state index in [0.29, 0.717) is 37.1 Å². The molecule has 0 unspecified atom stereocenters. The van der Waals surface area contributed by atoms with Crippen LogP contribution in [0.2, 0.25) is 0 Å². The topological polar surface area (TPSA) is 118 Å². The fraction of sp³-hybridized carbons (Fsp3) is 0.121. The molecule has 0 bridgehead atoms. The quantitative estimate of drug-likeness (QED) is 0.0460. The van der Waals surface area contributed by atoms with Gasteiger partial charge in [0.1, 0.15) is 22.8 Å². The van der Waals surface area contributed by atoms with Crippen LogP contribution in [0.5, 0.6) is 11.6 Å². The number of aliphatic hydroxyl groups is 1. The minimum atomic E-state index is -0.630. The van der Waals surface area contributed by atoms with Crippen LogP contribution in [0.25, 0.3) is 11.1 Å². The van der Waals surface area contributed by atoms with E-state index in [4.69, 9.17) is 9.84 Å². The maximum absolute atomic E-state index is 14.2. The molecule has 0 spiro atoms. The second-order valence-corrected chi connectivity index (χ2v) is 38.1. The monoisotopic (exact) mass is 1770 g/mol. The van der Waals surface area contributed by atoms with Crippen molar-refractivity contribution >= 4 is 107 Å². The van der Waals surface area contributed by atoms with Gasteiger partial charge >= 0.3 is 0 Å². The van der Waals surface area contributed by atoms with E-state index in [2.05, 4.69) is 385 Å². The zero-order valence-corrected chi connectivity index (χ0v) is 73.1. The molecule has 15 heteroatoms. The van der Waals surface area contributed by atoms with E-state index in [9.17, 15) is 14.0 Å². The number of benzene rings is 14. The van der Waals surface area contributed by atoms with E-state index < -0.39 is 43.4 Å². The van der Waals surface area contributed by atoms with E-state index in [-0.39, 0.29) is 56.5 Å². The Balaban J connectivity index is 0.000000140. The maximum Gasteiger partial charge on any atom is 0.272 e. The van der Waals surface area contributed by atoms with E-state index in [0.717, 1.165) is 73.3 Å². The second-order valence-electron chi connectivity index (χ2n) is 29.2. The van der Waals surface area contributed by atoms with Crippen LogP contribution in [-0.4, -0.2) is 50.4 Å². The molecule has 2 amide bonds. The molecule has 9 nitrogen and oxygen atoms in total. The summed E-state index contributed by atoms with van der Waals surface area (Å²) in [7, 11) is -1.78. The third-order valence-corrected chi connectivity index (χ3v) is 30.5. The number of rotatable bonds is 22. The smallest absolute Gasteiger partial charge is 0.272 e. The number of carbonyl (C=O) groups excluding carboxylic acids is 2. The van der Waals surface area contributed by atoms with Crippen molar-refractivity contribution in [2.75, 3.05) is 6.61 Å². The summed E-state index contributed by atoms with van der Waals surface area (Å²) in [6.07, 6.45) is 8.50. The van der Waals surface area contributed by atoms with Gasteiger partial charge in [0.2, 0.25) is 5.88 Å². The van der Waals surface area contributed by atoms with Crippen LogP contribution in [0.15, 0.2) is 431 Å². The van der Waals surface area contributed by atoms with E-state index in [1.807, 2.05) is 53.2 Å². The summed E-state index contributed by atoms with van der Waals surface area (Å²) < 4.78 is 22.2. The Morgan fingerprint density at radius 1 is 0.377 bits per heavy atom. The first-order chi connectivity index (χ1) is 59.7. The standard InChI is InChI=1S/C35H38FN5O4.4C18H15P.Pd/c36-26-20-31(35(37-22-26)45-30-8-3-6-25(19-30)24-11-9-23(10-12-24)5-4-18-42)33(43)38-27-13-15-28(16-14-27)39-34(44)32-21-29-7-1-2-17-41(29)40-32;4*1-4-10-16(11-5-1)19(17-12-6-2-7-13-17)18-14-8-3-9-15-18;/h3,6,8-12,19-22,27-28,42H,1-2,4-5,7,13-18H2,(H,38,43)(H,39,44);4*1-15H;. The number of ether oxygens (including phenoxy) is 1. The molecule has 14 aromatic carbocycles. The number of nitrogens with one attached hydrogen (secondary N) is 2. The summed E-state index contributed by atoms with van der Waals surface area (Å²) in [5.74, 6) is -0.747. The second kappa shape index (κ2) is 47.0. The van der Waals surface area contributed by atoms with Crippen molar-refractivity contribution < 1.29 is 44.2 Å². The molecule has 612 valence electrons. The number of aryl methyl sites for hydroxylation is 3. The molecule has 1 aliphatic carbocycles. The molecule has 16 aromatic rings. The minimum Gasteiger partial charge on any atom is -0.438 e. The number of aliphatic hydroxyl groups excluding tert-OH is 1. The van der Waals surface area contributed by atoms with Gasteiger partial charge in [0.05, 0.1) is 6.20 Å². The first kappa shape index (κ1) is 88.2. The van der Waals surface area contributed by atoms with Crippen LogP contribution in [0.1, 0.15) is 77.0 Å². The van der Waals surface area contributed by atoms with Gasteiger partial charge in [-0.25, -0.2) is 9.37 Å². The summed E-state index contributed by atoms with van der Waals surface area (Å²) in [4.78, 5) is 30.2. The van der Waals surface area contributed by atoms with Crippen molar-refractivity contribution in [2.45, 2.75) is 76.4 Å². The van der Waals surface area contributed by atoms with Gasteiger partial charge < -0.3 is 20.5 Å². The Bertz CT molecular complexity index is 4880. The molecule has 122 heavy (non-hydrogen) atoms. The number of halogens is 1. The van der Waals surface area contributed by atoms with Crippen molar-refractivity contribution in [1.29, 1.82) is 0 Å². The van der Waals surface area contributed by atoms with Crippen molar-refractivity contribution in [3.05, 3.63) is 459 Å². The average Bonchev–Trinajstić information content (AvgIpc) is 1.83. The number of amides is 2. The molecule has 1 aliphatic heterocycles. The zero-order chi connectivity index (χ0) is 82.8. The molecular weight excluding hydrogens is 1670 g/mol. The van der Waals surface area contributed by atoms with Gasteiger partial charge in [-0.3, -0.25) is 14.3 Å². The molecule has 0 radical (unpaired) electrons. The fourth-order valence-electron chi connectivity index (χ4n) is 14.8. The Kier molecular flexibility index (Phi) is 34.0. The van der Waals surface area contributed by atoms with E-state index in [1.165, 1.54) is 63.7 Å². The number of hydrogen-bond acceptors (Lipinski definition) is 6. The Hall–Kier alpha value is -11.5. The van der Waals surface area contributed by atoms with Crippen molar-refractivity contribution in [1.82, 2.24) is 25.4 Å². The van der Waals surface area contributed by atoms with Gasteiger partial charge in [-0.15, -0.1) is 0 Å². The van der Waals surface area contributed by atoms with Crippen LogP contribution in [0.3, 0.4) is 0 Å². The molecule has 2 aliphatic rings. The van der Waals surface area contributed by atoms with Crippen LogP contribution in [-0.2, 0) is 39.8 Å². The van der Waals surface area contributed by atoms with Crippen LogP contribution in [0.4, 0.5) is 4.39 Å². The molecule has 0 atom stereocenters. The number of pyridine rings is 1. The van der Waals surface area contributed by atoms with Gasteiger partial charge in [0, 0.05) is 51.4 Å². The zero-order valence-electron chi connectivity index (χ0n) is 67.9. The predicted molar refractivity (Wildman–Crippen MR) is 508 cm³/mol. The summed E-state index contributed by atoms with van der Waals surface area (Å²) in [5.41, 5.74) is 4.66. The van der Waals surface area contributed by atoms with Crippen LogP contribution in [0, 0.1) is 5.82 Å². The number of fused-ring (bicyclic) bond motifs is 1. The molecule has 18 rings (SSSR count). The molecule has 2 aromatic heterocycles. The normalized spacial score (nSPS) is 13.1. The molecule has 1 fully saturated rings. The SMILES string of the molecule is O=C(NC1CCC(NC(=O)c2cc(F)cnc2Oc2cccc(-c3ccc(CCCO)cc3)c2)CC1)c1cc2n(n1)CCCC2.[Pd].c1ccc(P(c2ccccc2)c2ccccc2)cc1.c1ccc(P(c2ccccc2)c2ccccc2)cc1.c1ccc(P(c2ccccc2)c2ccccc2)cc1.c1ccc(P(c2ccccc2)c2ccccc2)cc1. The van der Waals surface area contributed by atoms with Crippen LogP contribution < -0.4 is 79.0 Å². The molecule has 3 N–H and O–H groups in total.